The van der Waals surface area contributed by atoms with Gasteiger partial charge in [-0.3, -0.25) is 4.79 Å². The molecule has 4 aliphatic rings. The van der Waals surface area contributed by atoms with Crippen LogP contribution in [0.2, 0.25) is 0 Å². The molecule has 0 bridgehead atoms. The van der Waals surface area contributed by atoms with Crippen molar-refractivity contribution in [1.29, 1.82) is 0 Å². The van der Waals surface area contributed by atoms with Crippen LogP contribution >= 0.6 is 0 Å². The second kappa shape index (κ2) is 19.8. The van der Waals surface area contributed by atoms with Gasteiger partial charge in [0.05, 0.1) is 52.4 Å². The summed E-state index contributed by atoms with van der Waals surface area (Å²) in [7, 11) is 0. The zero-order chi connectivity index (χ0) is 30.1. The van der Waals surface area contributed by atoms with Gasteiger partial charge in [-0.25, -0.2) is 0 Å². The fraction of sp³-hybridized carbons (Fsp3) is 0.974. The van der Waals surface area contributed by atoms with E-state index in [0.717, 1.165) is 31.1 Å². The Morgan fingerprint density at radius 2 is 0.884 bits per heavy atom. The van der Waals surface area contributed by atoms with Gasteiger partial charge in [-0.05, 0) is 56.8 Å². The third kappa shape index (κ3) is 13.0. The fourth-order valence-corrected chi connectivity index (χ4v) is 9.54. The van der Waals surface area contributed by atoms with E-state index in [0.29, 0.717) is 6.42 Å². The van der Waals surface area contributed by atoms with Crippen molar-refractivity contribution < 1.29 is 18.5 Å². The summed E-state index contributed by atoms with van der Waals surface area (Å²) in [6.07, 6.45) is 34.8. The lowest BCUT2D eigenvalue weighted by Gasteiger charge is -2.42. The zero-order valence-corrected chi connectivity index (χ0v) is 29.0. The maximum Gasteiger partial charge on any atom is 0.306 e. The number of carbonyl (C=O) groups is 1. The van der Waals surface area contributed by atoms with Crippen molar-refractivity contribution in [2.75, 3.05) is 52.4 Å². The Bertz CT molecular complexity index is 684. The van der Waals surface area contributed by atoms with Gasteiger partial charge in [-0.2, -0.15) is 0 Å². The Morgan fingerprint density at radius 1 is 0.535 bits per heavy atom. The minimum Gasteiger partial charge on any atom is -0.462 e. The molecule has 0 unspecified atom stereocenters. The first kappa shape index (κ1) is 35.2. The minimum absolute atomic E-state index is 0.109. The molecule has 4 saturated heterocycles. The van der Waals surface area contributed by atoms with Gasteiger partial charge in [-0.15, -0.1) is 0 Å². The van der Waals surface area contributed by atoms with Gasteiger partial charge in [0.25, 0.3) is 0 Å². The van der Waals surface area contributed by atoms with Crippen LogP contribution in [-0.4, -0.2) is 73.4 Å². The molecule has 0 radical (unpaired) electrons. The molecule has 4 heterocycles. The molecule has 0 aliphatic carbocycles. The van der Waals surface area contributed by atoms with E-state index in [2.05, 4.69) is 6.92 Å². The monoisotopic (exact) mass is 603 g/mol. The molecule has 0 atom stereocenters. The lowest BCUT2D eigenvalue weighted by Crippen LogP contribution is -2.51. The highest BCUT2D eigenvalue weighted by atomic mass is 16.5. The first-order valence-electron chi connectivity index (χ1n) is 20.0. The maximum atomic E-state index is 13.1. The molecule has 0 saturated carbocycles. The van der Waals surface area contributed by atoms with E-state index >= 15 is 0 Å². The summed E-state index contributed by atoms with van der Waals surface area (Å²) >= 11 is 0. The summed E-state index contributed by atoms with van der Waals surface area (Å²) in [5.74, 6) is 1.65. The summed E-state index contributed by atoms with van der Waals surface area (Å²) in [6, 6.07) is 0. The largest absolute Gasteiger partial charge is 0.462 e. The standard InChI is InChI=1S/C39H74N2O2/c1-2-3-4-5-6-7-8-9-10-11-12-13-14-15-16-21-39(42)43-38(34-36-22-30-40(31-23-36)26-17-18-27-40)35-37-24-32-41(33-25-37)28-19-20-29-41/h36-38H,2-35H2,1H3/q+2. The molecule has 4 heteroatoms. The molecule has 0 aromatic heterocycles. The molecule has 4 fully saturated rings. The van der Waals surface area contributed by atoms with Crippen molar-refractivity contribution in [3.8, 4) is 0 Å². The highest BCUT2D eigenvalue weighted by Crippen LogP contribution is 2.35. The molecular formula is C39H74N2O2+2. The van der Waals surface area contributed by atoms with Gasteiger partial charge in [0.2, 0.25) is 0 Å². The highest BCUT2D eigenvalue weighted by molar-refractivity contribution is 5.69. The van der Waals surface area contributed by atoms with Crippen LogP contribution in [0.25, 0.3) is 0 Å². The van der Waals surface area contributed by atoms with E-state index in [9.17, 15) is 4.79 Å². The summed E-state index contributed by atoms with van der Waals surface area (Å²) in [5.41, 5.74) is 0. The Balaban J connectivity index is 1.07. The van der Waals surface area contributed by atoms with E-state index in [1.54, 1.807) is 0 Å². The quantitative estimate of drug-likeness (QED) is 0.0742. The summed E-state index contributed by atoms with van der Waals surface area (Å²) in [4.78, 5) is 13.1. The topological polar surface area (TPSA) is 26.3 Å². The van der Waals surface area contributed by atoms with Crippen molar-refractivity contribution in [2.45, 2.75) is 180 Å². The Hall–Kier alpha value is -0.610. The number of hydrogen-bond donors (Lipinski definition) is 0. The van der Waals surface area contributed by atoms with Crippen LogP contribution in [0.15, 0.2) is 0 Å². The maximum absolute atomic E-state index is 13.1. The molecular weight excluding hydrogens is 528 g/mol. The number of carbonyl (C=O) groups excluding carboxylic acids is 1. The molecule has 4 rings (SSSR count). The van der Waals surface area contributed by atoms with E-state index in [1.807, 2.05) is 0 Å². The van der Waals surface area contributed by atoms with Gasteiger partial charge in [0.15, 0.2) is 0 Å². The van der Waals surface area contributed by atoms with Crippen molar-refractivity contribution in [2.24, 2.45) is 11.8 Å². The fourth-order valence-electron chi connectivity index (χ4n) is 9.54. The molecule has 250 valence electrons. The van der Waals surface area contributed by atoms with Gasteiger partial charge < -0.3 is 13.7 Å². The third-order valence-corrected chi connectivity index (χ3v) is 12.6. The van der Waals surface area contributed by atoms with Gasteiger partial charge in [0, 0.05) is 32.1 Å². The van der Waals surface area contributed by atoms with Crippen LogP contribution in [0.5, 0.6) is 0 Å². The molecule has 4 nitrogen and oxygen atoms in total. The second-order valence-corrected chi connectivity index (χ2v) is 16.1. The number of hydrogen-bond acceptors (Lipinski definition) is 2. The van der Waals surface area contributed by atoms with E-state index in [1.165, 1.54) is 203 Å². The van der Waals surface area contributed by atoms with Gasteiger partial charge in [-0.1, -0.05) is 96.8 Å². The smallest absolute Gasteiger partial charge is 0.306 e. The molecule has 0 aromatic rings. The number of nitrogens with zero attached hydrogens (tertiary/aromatic N) is 2. The second-order valence-electron chi connectivity index (χ2n) is 16.1. The lowest BCUT2D eigenvalue weighted by molar-refractivity contribution is -0.922. The van der Waals surface area contributed by atoms with E-state index < -0.39 is 0 Å². The molecule has 2 spiro atoms. The SMILES string of the molecule is CCCCCCCCCCCCCCCCCC(=O)OC(CC1CC[N+]2(CCCC2)CC1)CC1CC[N+]2(CCCC2)CC1. The molecule has 4 aliphatic heterocycles. The number of piperidine rings is 2. The summed E-state index contributed by atoms with van der Waals surface area (Å²) in [6.45, 7) is 13.5. The van der Waals surface area contributed by atoms with Crippen molar-refractivity contribution in [3.63, 3.8) is 0 Å². The number of unbranched alkanes of at least 4 members (excludes halogenated alkanes) is 14. The molecule has 0 N–H and O–H groups in total. The number of ether oxygens (including phenoxy) is 1. The van der Waals surface area contributed by atoms with Crippen LogP contribution in [0.3, 0.4) is 0 Å². The van der Waals surface area contributed by atoms with Crippen LogP contribution in [0, 0.1) is 11.8 Å². The van der Waals surface area contributed by atoms with Gasteiger partial charge >= 0.3 is 5.97 Å². The van der Waals surface area contributed by atoms with Crippen LogP contribution in [0.1, 0.15) is 174 Å². The van der Waals surface area contributed by atoms with Crippen molar-refractivity contribution >= 4 is 5.97 Å². The first-order valence-corrected chi connectivity index (χ1v) is 20.0. The minimum atomic E-state index is 0.109. The molecule has 0 aromatic carbocycles. The predicted octanol–water partition coefficient (Wildman–Crippen LogP) is 9.98. The number of esters is 1. The average Bonchev–Trinajstić information content (AvgIpc) is 3.67. The third-order valence-electron chi connectivity index (χ3n) is 12.6. The van der Waals surface area contributed by atoms with Crippen LogP contribution in [0.4, 0.5) is 0 Å². The van der Waals surface area contributed by atoms with Crippen molar-refractivity contribution in [1.82, 2.24) is 0 Å². The van der Waals surface area contributed by atoms with Gasteiger partial charge in [0.1, 0.15) is 6.10 Å². The zero-order valence-electron chi connectivity index (χ0n) is 29.0. The summed E-state index contributed by atoms with van der Waals surface area (Å²) < 4.78 is 9.17. The predicted molar refractivity (Wildman–Crippen MR) is 182 cm³/mol. The van der Waals surface area contributed by atoms with E-state index in [4.69, 9.17) is 4.74 Å². The normalized spacial score (nSPS) is 24.2. The van der Waals surface area contributed by atoms with E-state index in [-0.39, 0.29) is 12.1 Å². The molecule has 43 heavy (non-hydrogen) atoms. The Kier molecular flexibility index (Phi) is 16.2. The molecule has 0 amide bonds. The van der Waals surface area contributed by atoms with Crippen molar-refractivity contribution in [3.05, 3.63) is 0 Å². The highest BCUT2D eigenvalue weighted by Gasteiger charge is 2.39. The number of quaternary nitrogens is 2. The Labute approximate surface area is 268 Å². The number of rotatable bonds is 21. The first-order chi connectivity index (χ1) is 21.1. The lowest BCUT2D eigenvalue weighted by atomic mass is 9.84. The average molecular weight is 603 g/mol. The Morgan fingerprint density at radius 3 is 1.26 bits per heavy atom. The van der Waals surface area contributed by atoms with Crippen LogP contribution < -0.4 is 0 Å². The summed E-state index contributed by atoms with van der Waals surface area (Å²) in [5, 5.41) is 0. The van der Waals surface area contributed by atoms with Crippen LogP contribution in [-0.2, 0) is 9.53 Å².